The summed E-state index contributed by atoms with van der Waals surface area (Å²) in [5, 5.41) is 0. The predicted octanol–water partition coefficient (Wildman–Crippen LogP) is 0.241. The molecule has 0 atom stereocenters. The zero-order chi connectivity index (χ0) is 9.68. The first-order valence-corrected chi connectivity index (χ1v) is 5.01. The van der Waals surface area contributed by atoms with Gasteiger partial charge in [0.25, 0.3) is 0 Å². The van der Waals surface area contributed by atoms with E-state index in [-0.39, 0.29) is 5.91 Å². The first-order valence-electron chi connectivity index (χ1n) is 5.01. The first-order chi connectivity index (χ1) is 6.27. The molecule has 0 saturated heterocycles. The summed E-state index contributed by atoms with van der Waals surface area (Å²) in [5.74, 6) is 4.96. The van der Waals surface area contributed by atoms with Crippen LogP contribution in [0.1, 0.15) is 32.6 Å². The fourth-order valence-electron chi connectivity index (χ4n) is 2.00. The van der Waals surface area contributed by atoms with Crippen molar-refractivity contribution in [1.29, 1.82) is 0 Å². The van der Waals surface area contributed by atoms with E-state index >= 15 is 0 Å². The van der Waals surface area contributed by atoms with Gasteiger partial charge in [0.05, 0.1) is 6.54 Å². The maximum absolute atomic E-state index is 11.1. The fourth-order valence-corrected chi connectivity index (χ4v) is 2.00. The van der Waals surface area contributed by atoms with Crippen LogP contribution in [0, 0.1) is 0 Å². The summed E-state index contributed by atoms with van der Waals surface area (Å²) in [7, 11) is 0. The highest BCUT2D eigenvalue weighted by molar-refractivity contribution is 5.77. The minimum Gasteiger partial charge on any atom is -0.293 e. The van der Waals surface area contributed by atoms with Gasteiger partial charge in [-0.1, -0.05) is 19.8 Å². The molecule has 1 aliphatic carbocycles. The summed E-state index contributed by atoms with van der Waals surface area (Å²) in [4.78, 5) is 13.3. The van der Waals surface area contributed by atoms with E-state index in [1.165, 1.54) is 25.7 Å². The molecule has 4 nitrogen and oxygen atoms in total. The van der Waals surface area contributed by atoms with Gasteiger partial charge in [0.1, 0.15) is 0 Å². The molecule has 0 heterocycles. The first kappa shape index (κ1) is 10.5. The van der Waals surface area contributed by atoms with Crippen LogP contribution in [0.5, 0.6) is 0 Å². The van der Waals surface area contributed by atoms with Gasteiger partial charge in [-0.05, 0) is 19.4 Å². The van der Waals surface area contributed by atoms with Crippen molar-refractivity contribution < 1.29 is 4.79 Å². The average Bonchev–Trinajstić information content (AvgIpc) is 2.66. The molecule has 76 valence electrons. The van der Waals surface area contributed by atoms with Crippen LogP contribution in [-0.2, 0) is 4.79 Å². The fraction of sp³-hybridized carbons (Fsp3) is 0.889. The number of carbonyl (C=O) groups is 1. The number of nitrogens with two attached hydrogens (primary N) is 1. The molecule has 0 unspecified atom stereocenters. The Labute approximate surface area is 79.4 Å². The number of likely N-dealkylation sites (N-methyl/N-ethyl adjacent to an activating group) is 1. The predicted molar refractivity (Wildman–Crippen MR) is 51.8 cm³/mol. The number of hydrogen-bond acceptors (Lipinski definition) is 3. The summed E-state index contributed by atoms with van der Waals surface area (Å²) >= 11 is 0. The van der Waals surface area contributed by atoms with Gasteiger partial charge in [-0.15, -0.1) is 0 Å². The number of carbonyl (C=O) groups excluding carboxylic acids is 1. The Hall–Kier alpha value is -0.610. The quantitative estimate of drug-likeness (QED) is 0.375. The number of rotatable bonds is 4. The van der Waals surface area contributed by atoms with Gasteiger partial charge in [0.15, 0.2) is 0 Å². The lowest BCUT2D eigenvalue weighted by Crippen LogP contribution is -2.43. The van der Waals surface area contributed by atoms with Crippen LogP contribution < -0.4 is 11.3 Å². The maximum Gasteiger partial charge on any atom is 0.248 e. The zero-order valence-electron chi connectivity index (χ0n) is 8.25. The molecule has 1 rings (SSSR count). The van der Waals surface area contributed by atoms with Crippen LogP contribution in [0.4, 0.5) is 0 Å². The van der Waals surface area contributed by atoms with Crippen molar-refractivity contribution >= 4 is 5.91 Å². The maximum atomic E-state index is 11.1. The van der Waals surface area contributed by atoms with E-state index in [9.17, 15) is 4.79 Å². The Morgan fingerprint density at radius 1 is 1.54 bits per heavy atom. The zero-order valence-corrected chi connectivity index (χ0v) is 8.25. The third-order valence-corrected chi connectivity index (χ3v) is 2.75. The van der Waals surface area contributed by atoms with Crippen molar-refractivity contribution in [3.63, 3.8) is 0 Å². The van der Waals surface area contributed by atoms with Crippen LogP contribution in [0.25, 0.3) is 0 Å². The van der Waals surface area contributed by atoms with E-state index in [0.29, 0.717) is 12.6 Å². The van der Waals surface area contributed by atoms with Crippen LogP contribution in [0.2, 0.25) is 0 Å². The highest BCUT2D eigenvalue weighted by Crippen LogP contribution is 2.22. The third kappa shape index (κ3) is 2.97. The second-order valence-electron chi connectivity index (χ2n) is 3.57. The third-order valence-electron chi connectivity index (χ3n) is 2.75. The topological polar surface area (TPSA) is 58.4 Å². The van der Waals surface area contributed by atoms with Gasteiger partial charge >= 0.3 is 0 Å². The standard InChI is InChI=1S/C9H19N3O/c1-2-12(7-9(13)11-10)8-5-3-4-6-8/h8H,2-7,10H2,1H3,(H,11,13). The number of hydrogen-bond donors (Lipinski definition) is 2. The van der Waals surface area contributed by atoms with Crippen LogP contribution in [-0.4, -0.2) is 29.9 Å². The van der Waals surface area contributed by atoms with E-state index in [0.717, 1.165) is 6.54 Å². The molecule has 0 radical (unpaired) electrons. The van der Waals surface area contributed by atoms with Gasteiger partial charge < -0.3 is 0 Å². The molecule has 1 fully saturated rings. The van der Waals surface area contributed by atoms with Gasteiger partial charge in [-0.3, -0.25) is 15.1 Å². The Kier molecular flexibility index (Phi) is 4.18. The van der Waals surface area contributed by atoms with E-state index in [1.54, 1.807) is 0 Å². The molecule has 1 aliphatic rings. The van der Waals surface area contributed by atoms with Crippen molar-refractivity contribution in [3.8, 4) is 0 Å². The molecule has 0 aromatic heterocycles. The van der Waals surface area contributed by atoms with E-state index in [4.69, 9.17) is 5.84 Å². The molecule has 0 aromatic carbocycles. The molecule has 0 bridgehead atoms. The van der Waals surface area contributed by atoms with E-state index < -0.39 is 0 Å². The van der Waals surface area contributed by atoms with Gasteiger partial charge in [0.2, 0.25) is 5.91 Å². The van der Waals surface area contributed by atoms with Crippen LogP contribution in [0.15, 0.2) is 0 Å². The summed E-state index contributed by atoms with van der Waals surface area (Å²) in [6.07, 6.45) is 5.05. The highest BCUT2D eigenvalue weighted by atomic mass is 16.2. The Morgan fingerprint density at radius 3 is 2.62 bits per heavy atom. The normalized spacial score (nSPS) is 18.1. The molecule has 1 amide bonds. The molecule has 0 aromatic rings. The molecule has 0 spiro atoms. The monoisotopic (exact) mass is 185 g/mol. The average molecular weight is 185 g/mol. The van der Waals surface area contributed by atoms with Gasteiger partial charge in [-0.25, -0.2) is 5.84 Å². The molecule has 13 heavy (non-hydrogen) atoms. The number of nitrogens with one attached hydrogen (secondary N) is 1. The second-order valence-corrected chi connectivity index (χ2v) is 3.57. The van der Waals surface area contributed by atoms with Gasteiger partial charge in [-0.2, -0.15) is 0 Å². The molecule has 1 saturated carbocycles. The minimum absolute atomic E-state index is 0.0891. The molecule has 4 heteroatoms. The lowest BCUT2D eigenvalue weighted by Gasteiger charge is -2.26. The summed E-state index contributed by atoms with van der Waals surface area (Å²) in [6.45, 7) is 3.46. The Bertz CT molecular complexity index is 166. The minimum atomic E-state index is -0.0891. The molecule has 3 N–H and O–H groups in total. The van der Waals surface area contributed by atoms with Crippen molar-refractivity contribution in [2.45, 2.75) is 38.6 Å². The van der Waals surface area contributed by atoms with Crippen LogP contribution in [0.3, 0.4) is 0 Å². The summed E-state index contributed by atoms with van der Waals surface area (Å²) < 4.78 is 0. The lowest BCUT2D eigenvalue weighted by molar-refractivity contribution is -0.122. The molecular weight excluding hydrogens is 166 g/mol. The van der Waals surface area contributed by atoms with Crippen molar-refractivity contribution in [1.82, 2.24) is 10.3 Å². The lowest BCUT2D eigenvalue weighted by atomic mass is 10.2. The van der Waals surface area contributed by atoms with E-state index in [1.807, 2.05) is 0 Å². The second kappa shape index (κ2) is 5.19. The highest BCUT2D eigenvalue weighted by Gasteiger charge is 2.22. The largest absolute Gasteiger partial charge is 0.293 e. The van der Waals surface area contributed by atoms with Gasteiger partial charge in [0, 0.05) is 6.04 Å². The number of amides is 1. The van der Waals surface area contributed by atoms with Crippen molar-refractivity contribution in [2.24, 2.45) is 5.84 Å². The molecular formula is C9H19N3O. The Morgan fingerprint density at radius 2 is 2.15 bits per heavy atom. The SMILES string of the molecule is CCN(CC(=O)NN)C1CCCC1. The summed E-state index contributed by atoms with van der Waals surface area (Å²) in [6, 6.07) is 0.599. The van der Waals surface area contributed by atoms with Crippen molar-refractivity contribution in [2.75, 3.05) is 13.1 Å². The van der Waals surface area contributed by atoms with Crippen molar-refractivity contribution in [3.05, 3.63) is 0 Å². The smallest absolute Gasteiger partial charge is 0.248 e. The summed E-state index contributed by atoms with van der Waals surface area (Å²) in [5.41, 5.74) is 2.17. The van der Waals surface area contributed by atoms with E-state index in [2.05, 4.69) is 17.2 Å². The number of hydrazine groups is 1. The van der Waals surface area contributed by atoms with Crippen LogP contribution >= 0.6 is 0 Å². The Balaban J connectivity index is 2.37. The molecule has 0 aliphatic heterocycles. The number of nitrogens with zero attached hydrogens (tertiary/aromatic N) is 1.